The second-order valence-corrected chi connectivity index (χ2v) is 5.75. The molecule has 0 unspecified atom stereocenters. The van der Waals surface area contributed by atoms with E-state index in [1.165, 1.54) is 0 Å². The molecule has 0 aromatic heterocycles. The maximum atomic E-state index is 11.0. The van der Waals surface area contributed by atoms with Gasteiger partial charge in [0.15, 0.2) is 0 Å². The number of carboxylic acid groups (broad SMARTS) is 1. The second-order valence-electron chi connectivity index (χ2n) is 4.46. The number of halogens is 3. The molecule has 1 heterocycles. The minimum Gasteiger partial charge on any atom is -0.491 e. The molecule has 0 bridgehead atoms. The maximum absolute atomic E-state index is 11.0. The van der Waals surface area contributed by atoms with Gasteiger partial charge in [-0.3, -0.25) is 9.69 Å². The van der Waals surface area contributed by atoms with Crippen molar-refractivity contribution in [2.45, 2.75) is 18.9 Å². The van der Waals surface area contributed by atoms with E-state index in [2.05, 4.69) is 15.9 Å². The number of benzene rings is 1. The second kappa shape index (κ2) is 8.08. The summed E-state index contributed by atoms with van der Waals surface area (Å²) in [6, 6.07) is 4.97. The first-order valence-electron chi connectivity index (χ1n) is 6.12. The van der Waals surface area contributed by atoms with E-state index >= 15 is 0 Å². The lowest BCUT2D eigenvalue weighted by atomic mass is 10.2. The number of hydrogen-bond donors (Lipinski definition) is 1. The summed E-state index contributed by atoms with van der Waals surface area (Å²) in [5, 5.41) is 9.71. The normalized spacial score (nSPS) is 18.6. The molecule has 1 N–H and O–H groups in total. The molecule has 1 aromatic rings. The van der Waals surface area contributed by atoms with Crippen LogP contribution >= 0.6 is 39.9 Å². The maximum Gasteiger partial charge on any atom is 0.320 e. The predicted molar refractivity (Wildman–Crippen MR) is 84.1 cm³/mol. The molecule has 0 aliphatic carbocycles. The summed E-state index contributed by atoms with van der Waals surface area (Å²) in [5.74, 6) is -0.0272. The molecule has 2 rings (SSSR count). The predicted octanol–water partition coefficient (Wildman–Crippen LogP) is 3.45. The molecule has 1 aliphatic heterocycles. The first kappa shape index (κ1) is 17.6. The zero-order chi connectivity index (χ0) is 13.8. The third-order valence-electron chi connectivity index (χ3n) is 3.18. The van der Waals surface area contributed by atoms with Crippen molar-refractivity contribution in [3.05, 3.63) is 27.7 Å². The Kier molecular flexibility index (Phi) is 7.09. The number of carbonyl (C=O) groups is 1. The molecule has 7 heteroatoms. The van der Waals surface area contributed by atoms with Gasteiger partial charge < -0.3 is 9.84 Å². The molecule has 20 heavy (non-hydrogen) atoms. The number of ether oxygens (including phenoxy) is 1. The zero-order valence-corrected chi connectivity index (χ0v) is 13.9. The average molecular weight is 385 g/mol. The summed E-state index contributed by atoms with van der Waals surface area (Å²) >= 11 is 9.23. The highest BCUT2D eigenvalue weighted by molar-refractivity contribution is 9.10. The van der Waals surface area contributed by atoms with Gasteiger partial charge in [-0.1, -0.05) is 11.6 Å². The number of hydrogen-bond acceptors (Lipinski definition) is 3. The van der Waals surface area contributed by atoms with Crippen LogP contribution in [0.1, 0.15) is 12.8 Å². The molecule has 0 saturated carbocycles. The Balaban J connectivity index is 0.00000200. The summed E-state index contributed by atoms with van der Waals surface area (Å²) in [7, 11) is 0. The van der Waals surface area contributed by atoms with Crippen molar-refractivity contribution in [1.29, 1.82) is 0 Å². The molecular weight excluding hydrogens is 369 g/mol. The van der Waals surface area contributed by atoms with Crippen LogP contribution in [0.5, 0.6) is 5.75 Å². The van der Waals surface area contributed by atoms with E-state index in [0.29, 0.717) is 18.2 Å². The molecule has 1 aromatic carbocycles. The molecule has 4 nitrogen and oxygen atoms in total. The summed E-state index contributed by atoms with van der Waals surface area (Å²) in [6.07, 6.45) is 1.65. The Hall–Kier alpha value is -0.490. The van der Waals surface area contributed by atoms with Crippen molar-refractivity contribution in [2.75, 3.05) is 19.7 Å². The van der Waals surface area contributed by atoms with Gasteiger partial charge in [0.2, 0.25) is 0 Å². The monoisotopic (exact) mass is 383 g/mol. The Morgan fingerprint density at radius 3 is 2.95 bits per heavy atom. The van der Waals surface area contributed by atoms with Crippen LogP contribution in [-0.4, -0.2) is 41.7 Å². The SMILES string of the molecule is Cl.O=C(O)[C@H]1CCCN1CCOc1ccc(Cl)cc1Br. The fourth-order valence-electron chi connectivity index (χ4n) is 2.24. The van der Waals surface area contributed by atoms with E-state index in [1.54, 1.807) is 18.2 Å². The lowest BCUT2D eigenvalue weighted by molar-refractivity contribution is -0.142. The van der Waals surface area contributed by atoms with Gasteiger partial charge in [0, 0.05) is 11.6 Å². The Labute approximate surface area is 137 Å². The van der Waals surface area contributed by atoms with Crippen LogP contribution in [0.2, 0.25) is 5.02 Å². The van der Waals surface area contributed by atoms with Gasteiger partial charge in [-0.2, -0.15) is 0 Å². The van der Waals surface area contributed by atoms with Gasteiger partial charge in [0.1, 0.15) is 18.4 Å². The van der Waals surface area contributed by atoms with Crippen molar-refractivity contribution in [1.82, 2.24) is 4.90 Å². The van der Waals surface area contributed by atoms with Gasteiger partial charge >= 0.3 is 5.97 Å². The quantitative estimate of drug-likeness (QED) is 0.844. The van der Waals surface area contributed by atoms with Crippen LogP contribution in [0.15, 0.2) is 22.7 Å². The molecule has 1 fully saturated rings. The van der Waals surface area contributed by atoms with Gasteiger partial charge in [-0.25, -0.2) is 0 Å². The molecule has 0 radical (unpaired) electrons. The Morgan fingerprint density at radius 1 is 1.55 bits per heavy atom. The highest BCUT2D eigenvalue weighted by Gasteiger charge is 2.29. The standard InChI is InChI=1S/C13H15BrClNO3.ClH/c14-10-8-9(15)3-4-12(10)19-7-6-16-5-1-2-11(16)13(17)18;/h3-4,8,11H,1-2,5-7H2,(H,17,18);1H/t11-;/m1./s1. The van der Waals surface area contributed by atoms with Crippen molar-refractivity contribution < 1.29 is 14.6 Å². The van der Waals surface area contributed by atoms with Crippen LogP contribution in [0.25, 0.3) is 0 Å². The van der Waals surface area contributed by atoms with Gasteiger partial charge in [0.05, 0.1) is 4.47 Å². The topological polar surface area (TPSA) is 49.8 Å². The van der Waals surface area contributed by atoms with Crippen LogP contribution < -0.4 is 4.74 Å². The zero-order valence-electron chi connectivity index (χ0n) is 10.7. The highest BCUT2D eigenvalue weighted by atomic mass is 79.9. The number of carboxylic acids is 1. The van der Waals surface area contributed by atoms with E-state index in [4.69, 9.17) is 21.4 Å². The lowest BCUT2D eigenvalue weighted by Crippen LogP contribution is -2.38. The molecule has 0 amide bonds. The van der Waals surface area contributed by atoms with Crippen molar-refractivity contribution >= 4 is 45.9 Å². The summed E-state index contributed by atoms with van der Waals surface area (Å²) in [4.78, 5) is 13.0. The molecule has 112 valence electrons. The number of nitrogens with zero attached hydrogens (tertiary/aromatic N) is 1. The fraction of sp³-hybridized carbons (Fsp3) is 0.462. The Bertz CT molecular complexity index is 473. The smallest absolute Gasteiger partial charge is 0.320 e. The van der Waals surface area contributed by atoms with E-state index in [-0.39, 0.29) is 18.4 Å². The fourth-order valence-corrected chi connectivity index (χ4v) is 3.04. The first-order chi connectivity index (χ1) is 9.08. The lowest BCUT2D eigenvalue weighted by Gasteiger charge is -2.21. The van der Waals surface area contributed by atoms with Gasteiger partial charge in [0.25, 0.3) is 0 Å². The third-order valence-corrected chi connectivity index (χ3v) is 4.03. The highest BCUT2D eigenvalue weighted by Crippen LogP contribution is 2.28. The van der Waals surface area contributed by atoms with E-state index < -0.39 is 5.97 Å². The van der Waals surface area contributed by atoms with E-state index in [1.807, 2.05) is 4.90 Å². The van der Waals surface area contributed by atoms with Crippen molar-refractivity contribution in [3.8, 4) is 5.75 Å². The molecule has 1 saturated heterocycles. The molecule has 1 atom stereocenters. The number of aliphatic carboxylic acids is 1. The van der Waals surface area contributed by atoms with Gasteiger partial charge in [-0.15, -0.1) is 12.4 Å². The summed E-state index contributed by atoms with van der Waals surface area (Å²) < 4.78 is 6.44. The molecule has 0 spiro atoms. The minimum absolute atomic E-state index is 0. The first-order valence-corrected chi connectivity index (χ1v) is 7.30. The van der Waals surface area contributed by atoms with E-state index in [0.717, 1.165) is 29.6 Å². The summed E-state index contributed by atoms with van der Waals surface area (Å²) in [6.45, 7) is 1.90. The van der Waals surface area contributed by atoms with Crippen LogP contribution in [0.4, 0.5) is 0 Å². The largest absolute Gasteiger partial charge is 0.491 e. The van der Waals surface area contributed by atoms with Gasteiger partial charge in [-0.05, 0) is 53.5 Å². The van der Waals surface area contributed by atoms with Crippen LogP contribution in [0, 0.1) is 0 Å². The molecule has 1 aliphatic rings. The number of rotatable bonds is 5. The van der Waals surface area contributed by atoms with Crippen molar-refractivity contribution in [3.63, 3.8) is 0 Å². The average Bonchev–Trinajstić information content (AvgIpc) is 2.80. The summed E-state index contributed by atoms with van der Waals surface area (Å²) in [5.41, 5.74) is 0. The van der Waals surface area contributed by atoms with E-state index in [9.17, 15) is 4.79 Å². The number of likely N-dealkylation sites (tertiary alicyclic amines) is 1. The third kappa shape index (κ3) is 4.52. The Morgan fingerprint density at radius 2 is 2.30 bits per heavy atom. The minimum atomic E-state index is -0.745. The van der Waals surface area contributed by atoms with Crippen LogP contribution in [-0.2, 0) is 4.79 Å². The van der Waals surface area contributed by atoms with Crippen molar-refractivity contribution in [2.24, 2.45) is 0 Å². The molecular formula is C13H16BrCl2NO3. The van der Waals surface area contributed by atoms with Crippen LogP contribution in [0.3, 0.4) is 0 Å².